The number of likely N-dealkylation sites (N-methyl/N-ethyl adjacent to an activating group) is 1. The van der Waals surface area contributed by atoms with Crippen molar-refractivity contribution in [2.45, 2.75) is 63.7 Å². The lowest BCUT2D eigenvalue weighted by Gasteiger charge is -2.38. The summed E-state index contributed by atoms with van der Waals surface area (Å²) in [5.41, 5.74) is 5.84. The van der Waals surface area contributed by atoms with Crippen LogP contribution in [0.5, 0.6) is 0 Å². The van der Waals surface area contributed by atoms with Crippen LogP contribution in [0.1, 0.15) is 45.4 Å². The van der Waals surface area contributed by atoms with E-state index in [0.29, 0.717) is 18.5 Å². The van der Waals surface area contributed by atoms with Gasteiger partial charge in [-0.15, -0.1) is 0 Å². The summed E-state index contributed by atoms with van der Waals surface area (Å²) >= 11 is 0. The number of ether oxygens (including phenoxy) is 1. The van der Waals surface area contributed by atoms with Crippen LogP contribution in [0.2, 0.25) is 0 Å². The predicted molar refractivity (Wildman–Crippen MR) is 71.1 cm³/mol. The summed E-state index contributed by atoms with van der Waals surface area (Å²) in [6.45, 7) is 2.72. The average Bonchev–Trinajstić information content (AvgIpc) is 2.83. The first-order valence-electron chi connectivity index (χ1n) is 7.25. The minimum Gasteiger partial charge on any atom is -0.365 e. The second-order valence-electron chi connectivity index (χ2n) is 5.81. The molecule has 0 radical (unpaired) electrons. The molecule has 0 bridgehead atoms. The van der Waals surface area contributed by atoms with E-state index in [2.05, 4.69) is 0 Å². The first-order chi connectivity index (χ1) is 8.63. The lowest BCUT2D eigenvalue weighted by atomic mass is 9.83. The molecule has 0 aromatic carbocycles. The molecule has 4 atom stereocenters. The Kier molecular flexibility index (Phi) is 4.62. The summed E-state index contributed by atoms with van der Waals surface area (Å²) in [4.78, 5) is 14.3. The summed E-state index contributed by atoms with van der Waals surface area (Å²) in [5.74, 6) is 0.622. The molecule has 1 aliphatic carbocycles. The van der Waals surface area contributed by atoms with Gasteiger partial charge in [0.2, 0.25) is 0 Å². The van der Waals surface area contributed by atoms with Crippen LogP contribution in [-0.2, 0) is 9.53 Å². The average molecular weight is 254 g/mol. The van der Waals surface area contributed by atoms with Gasteiger partial charge in [0, 0.05) is 13.1 Å². The fourth-order valence-corrected chi connectivity index (χ4v) is 3.35. The highest BCUT2D eigenvalue weighted by atomic mass is 16.5. The molecule has 2 N–H and O–H groups in total. The van der Waals surface area contributed by atoms with E-state index in [1.165, 1.54) is 12.8 Å². The molecule has 1 aliphatic heterocycles. The number of hydrogen-bond acceptors (Lipinski definition) is 3. The zero-order valence-electron chi connectivity index (χ0n) is 11.6. The van der Waals surface area contributed by atoms with Gasteiger partial charge in [0.1, 0.15) is 6.10 Å². The van der Waals surface area contributed by atoms with Gasteiger partial charge in [-0.05, 0) is 45.1 Å². The van der Waals surface area contributed by atoms with Crippen LogP contribution >= 0.6 is 0 Å². The van der Waals surface area contributed by atoms with Crippen molar-refractivity contribution >= 4 is 5.91 Å². The van der Waals surface area contributed by atoms with Gasteiger partial charge in [0.15, 0.2) is 0 Å². The maximum absolute atomic E-state index is 12.4. The highest BCUT2D eigenvalue weighted by molar-refractivity contribution is 5.81. The van der Waals surface area contributed by atoms with Crippen molar-refractivity contribution in [2.24, 2.45) is 11.7 Å². The van der Waals surface area contributed by atoms with Crippen molar-refractivity contribution in [3.8, 4) is 0 Å². The highest BCUT2D eigenvalue weighted by Gasteiger charge is 2.35. The third-order valence-corrected chi connectivity index (χ3v) is 4.52. The Morgan fingerprint density at radius 2 is 2.00 bits per heavy atom. The van der Waals surface area contributed by atoms with E-state index in [1.807, 2.05) is 18.9 Å². The lowest BCUT2D eigenvalue weighted by Crippen LogP contribution is -2.49. The first-order valence-corrected chi connectivity index (χ1v) is 7.25. The van der Waals surface area contributed by atoms with Gasteiger partial charge in [0.25, 0.3) is 5.91 Å². The van der Waals surface area contributed by atoms with E-state index in [-0.39, 0.29) is 18.1 Å². The SMILES string of the molecule is CC1CCC(C(=O)N(C)C2CCCCC2CN)O1. The lowest BCUT2D eigenvalue weighted by molar-refractivity contribution is -0.145. The molecule has 104 valence electrons. The molecule has 1 amide bonds. The Morgan fingerprint density at radius 3 is 2.61 bits per heavy atom. The van der Waals surface area contributed by atoms with E-state index >= 15 is 0 Å². The topological polar surface area (TPSA) is 55.6 Å². The maximum atomic E-state index is 12.4. The van der Waals surface area contributed by atoms with Gasteiger partial charge in [-0.25, -0.2) is 0 Å². The summed E-state index contributed by atoms with van der Waals surface area (Å²) in [6, 6.07) is 0.316. The third-order valence-electron chi connectivity index (χ3n) is 4.52. The molecule has 4 heteroatoms. The van der Waals surface area contributed by atoms with E-state index < -0.39 is 0 Å². The molecule has 1 heterocycles. The predicted octanol–water partition coefficient (Wildman–Crippen LogP) is 1.53. The van der Waals surface area contributed by atoms with Crippen LogP contribution < -0.4 is 5.73 Å². The number of nitrogens with two attached hydrogens (primary N) is 1. The van der Waals surface area contributed by atoms with Crippen LogP contribution in [0.15, 0.2) is 0 Å². The van der Waals surface area contributed by atoms with Crippen molar-refractivity contribution < 1.29 is 9.53 Å². The Bertz CT molecular complexity index is 296. The molecular weight excluding hydrogens is 228 g/mol. The first kappa shape index (κ1) is 13.8. The molecule has 2 fully saturated rings. The largest absolute Gasteiger partial charge is 0.365 e. The van der Waals surface area contributed by atoms with E-state index in [9.17, 15) is 4.79 Å². The minimum atomic E-state index is -0.217. The second kappa shape index (κ2) is 6.02. The molecular formula is C14H26N2O2. The van der Waals surface area contributed by atoms with Crippen LogP contribution in [0.4, 0.5) is 0 Å². The number of carbonyl (C=O) groups is 1. The fourth-order valence-electron chi connectivity index (χ4n) is 3.35. The highest BCUT2D eigenvalue weighted by Crippen LogP contribution is 2.29. The zero-order valence-corrected chi connectivity index (χ0v) is 11.6. The molecule has 0 aromatic heterocycles. The number of rotatable bonds is 3. The van der Waals surface area contributed by atoms with Gasteiger partial charge < -0.3 is 15.4 Å². The Labute approximate surface area is 110 Å². The smallest absolute Gasteiger partial charge is 0.251 e. The van der Waals surface area contributed by atoms with Gasteiger partial charge in [0.05, 0.1) is 6.10 Å². The van der Waals surface area contributed by atoms with Crippen LogP contribution in [0.25, 0.3) is 0 Å². The number of nitrogens with zero attached hydrogens (tertiary/aromatic N) is 1. The molecule has 4 unspecified atom stereocenters. The van der Waals surface area contributed by atoms with Gasteiger partial charge in [-0.3, -0.25) is 4.79 Å². The zero-order chi connectivity index (χ0) is 13.1. The molecule has 1 saturated carbocycles. The molecule has 1 saturated heterocycles. The molecule has 2 aliphatic rings. The molecule has 0 spiro atoms. The quantitative estimate of drug-likeness (QED) is 0.831. The Morgan fingerprint density at radius 1 is 1.28 bits per heavy atom. The number of carbonyl (C=O) groups excluding carboxylic acids is 1. The maximum Gasteiger partial charge on any atom is 0.251 e. The van der Waals surface area contributed by atoms with Crippen LogP contribution in [0.3, 0.4) is 0 Å². The van der Waals surface area contributed by atoms with E-state index in [1.54, 1.807) is 0 Å². The Balaban J connectivity index is 1.96. The normalized spacial score (nSPS) is 36.6. The standard InChI is InChI=1S/C14H26N2O2/c1-10-7-8-13(18-10)14(17)16(2)12-6-4-3-5-11(12)9-15/h10-13H,3-9,15H2,1-2H3. The minimum absolute atomic E-state index is 0.157. The third kappa shape index (κ3) is 2.86. The summed E-state index contributed by atoms with van der Waals surface area (Å²) in [5, 5.41) is 0. The monoisotopic (exact) mass is 254 g/mol. The summed E-state index contributed by atoms with van der Waals surface area (Å²) in [6.07, 6.45) is 6.57. The van der Waals surface area contributed by atoms with Crippen molar-refractivity contribution in [3.05, 3.63) is 0 Å². The molecule has 18 heavy (non-hydrogen) atoms. The van der Waals surface area contributed by atoms with E-state index in [0.717, 1.165) is 25.7 Å². The molecule has 4 nitrogen and oxygen atoms in total. The van der Waals surface area contributed by atoms with Crippen LogP contribution in [-0.4, -0.2) is 42.6 Å². The number of hydrogen-bond donors (Lipinski definition) is 1. The fraction of sp³-hybridized carbons (Fsp3) is 0.929. The molecule has 2 rings (SSSR count). The Hall–Kier alpha value is -0.610. The van der Waals surface area contributed by atoms with Crippen molar-refractivity contribution in [2.75, 3.05) is 13.6 Å². The molecule has 0 aromatic rings. The second-order valence-corrected chi connectivity index (χ2v) is 5.81. The van der Waals surface area contributed by atoms with Crippen molar-refractivity contribution in [1.29, 1.82) is 0 Å². The van der Waals surface area contributed by atoms with E-state index in [4.69, 9.17) is 10.5 Å². The van der Waals surface area contributed by atoms with Gasteiger partial charge in [-0.2, -0.15) is 0 Å². The summed E-state index contributed by atoms with van der Waals surface area (Å²) in [7, 11) is 1.92. The van der Waals surface area contributed by atoms with Crippen molar-refractivity contribution in [3.63, 3.8) is 0 Å². The van der Waals surface area contributed by atoms with Crippen LogP contribution in [0, 0.1) is 5.92 Å². The summed E-state index contributed by atoms with van der Waals surface area (Å²) < 4.78 is 5.68. The van der Waals surface area contributed by atoms with Crippen molar-refractivity contribution in [1.82, 2.24) is 4.90 Å². The van der Waals surface area contributed by atoms with Gasteiger partial charge >= 0.3 is 0 Å². The van der Waals surface area contributed by atoms with Gasteiger partial charge in [-0.1, -0.05) is 12.8 Å². The number of amides is 1.